The molecule has 0 aliphatic carbocycles. The fourth-order valence-corrected chi connectivity index (χ4v) is 1.63. The van der Waals surface area contributed by atoms with Crippen molar-refractivity contribution in [2.24, 2.45) is 12.8 Å². The topological polar surface area (TPSA) is 55.9 Å². The molecular formula is C11H11FN4S. The zero-order valence-electron chi connectivity index (χ0n) is 9.14. The van der Waals surface area contributed by atoms with Gasteiger partial charge in [0, 0.05) is 18.7 Å². The molecule has 0 saturated heterocycles. The lowest BCUT2D eigenvalue weighted by atomic mass is 10.1. The monoisotopic (exact) mass is 250 g/mol. The van der Waals surface area contributed by atoms with Gasteiger partial charge in [-0.25, -0.2) is 4.39 Å². The number of hydrogen-bond acceptors (Lipinski definition) is 3. The minimum absolute atomic E-state index is 0.147. The first-order valence-corrected chi connectivity index (χ1v) is 5.33. The van der Waals surface area contributed by atoms with E-state index in [2.05, 4.69) is 10.4 Å². The molecule has 0 radical (unpaired) electrons. The van der Waals surface area contributed by atoms with Gasteiger partial charge in [0.25, 0.3) is 0 Å². The largest absolute Gasteiger partial charge is 0.389 e. The summed E-state index contributed by atoms with van der Waals surface area (Å²) < 4.78 is 14.8. The molecule has 0 unspecified atom stereocenters. The number of nitrogens with one attached hydrogen (secondary N) is 1. The Hall–Kier alpha value is -1.95. The Kier molecular flexibility index (Phi) is 3.06. The molecule has 2 rings (SSSR count). The number of hydrogen-bond donors (Lipinski definition) is 2. The number of thiocarbonyl (C=S) groups is 1. The van der Waals surface area contributed by atoms with Crippen molar-refractivity contribution in [1.29, 1.82) is 0 Å². The maximum absolute atomic E-state index is 13.1. The molecule has 0 amide bonds. The Morgan fingerprint density at radius 2 is 2.24 bits per heavy atom. The lowest BCUT2D eigenvalue weighted by Crippen LogP contribution is -2.13. The second-order valence-corrected chi connectivity index (χ2v) is 3.96. The Bertz CT molecular complexity index is 564. The normalized spacial score (nSPS) is 10.2. The molecule has 0 saturated carbocycles. The van der Waals surface area contributed by atoms with Crippen LogP contribution < -0.4 is 11.1 Å². The highest BCUT2D eigenvalue weighted by Crippen LogP contribution is 2.21. The maximum atomic E-state index is 13.1. The average molecular weight is 250 g/mol. The minimum Gasteiger partial charge on any atom is -0.389 e. The van der Waals surface area contributed by atoms with Crippen LogP contribution in [0.25, 0.3) is 0 Å². The highest BCUT2D eigenvalue weighted by atomic mass is 32.1. The quantitative estimate of drug-likeness (QED) is 0.817. The van der Waals surface area contributed by atoms with Gasteiger partial charge >= 0.3 is 0 Å². The SMILES string of the molecule is Cn1nccc1Nc1ccc(F)cc1C(N)=S. The van der Waals surface area contributed by atoms with E-state index in [4.69, 9.17) is 18.0 Å². The third kappa shape index (κ3) is 2.42. The molecule has 17 heavy (non-hydrogen) atoms. The Labute approximate surface area is 103 Å². The molecule has 6 heteroatoms. The maximum Gasteiger partial charge on any atom is 0.128 e. The van der Waals surface area contributed by atoms with Crippen molar-refractivity contribution in [3.8, 4) is 0 Å². The smallest absolute Gasteiger partial charge is 0.128 e. The highest BCUT2D eigenvalue weighted by molar-refractivity contribution is 7.80. The van der Waals surface area contributed by atoms with Gasteiger partial charge in [-0.3, -0.25) is 4.68 Å². The van der Waals surface area contributed by atoms with E-state index in [1.54, 1.807) is 30.1 Å². The predicted molar refractivity (Wildman–Crippen MR) is 68.8 cm³/mol. The van der Waals surface area contributed by atoms with Crippen molar-refractivity contribution in [2.45, 2.75) is 0 Å². The molecule has 2 aromatic rings. The Balaban J connectivity index is 2.39. The summed E-state index contributed by atoms with van der Waals surface area (Å²) >= 11 is 4.89. The summed E-state index contributed by atoms with van der Waals surface area (Å²) in [5.41, 5.74) is 6.68. The van der Waals surface area contributed by atoms with Crippen LogP contribution in [0, 0.1) is 5.82 Å². The number of rotatable bonds is 3. The van der Waals surface area contributed by atoms with Gasteiger partial charge in [0.1, 0.15) is 16.6 Å². The van der Waals surface area contributed by atoms with Crippen LogP contribution in [-0.4, -0.2) is 14.8 Å². The van der Waals surface area contributed by atoms with E-state index in [0.717, 1.165) is 5.82 Å². The molecule has 0 aliphatic heterocycles. The van der Waals surface area contributed by atoms with Crippen LogP contribution in [-0.2, 0) is 7.05 Å². The summed E-state index contributed by atoms with van der Waals surface area (Å²) in [6.07, 6.45) is 1.66. The van der Waals surface area contributed by atoms with Gasteiger partial charge in [-0.1, -0.05) is 12.2 Å². The van der Waals surface area contributed by atoms with E-state index in [9.17, 15) is 4.39 Å². The van der Waals surface area contributed by atoms with Crippen LogP contribution in [0.15, 0.2) is 30.5 Å². The molecule has 1 aromatic heterocycles. The number of aryl methyl sites for hydroxylation is 1. The molecule has 0 bridgehead atoms. The second-order valence-electron chi connectivity index (χ2n) is 3.52. The van der Waals surface area contributed by atoms with E-state index in [0.29, 0.717) is 11.3 Å². The molecular weight excluding hydrogens is 239 g/mol. The van der Waals surface area contributed by atoms with E-state index in [-0.39, 0.29) is 10.8 Å². The Morgan fingerprint density at radius 3 is 2.82 bits per heavy atom. The molecule has 4 nitrogen and oxygen atoms in total. The molecule has 0 atom stereocenters. The fraction of sp³-hybridized carbons (Fsp3) is 0.0909. The van der Waals surface area contributed by atoms with E-state index >= 15 is 0 Å². The van der Waals surface area contributed by atoms with Crippen LogP contribution in [0.2, 0.25) is 0 Å². The van der Waals surface area contributed by atoms with Gasteiger partial charge in [0.05, 0.1) is 11.9 Å². The average Bonchev–Trinajstić information content (AvgIpc) is 2.67. The number of aromatic nitrogens is 2. The van der Waals surface area contributed by atoms with Crippen molar-refractivity contribution in [2.75, 3.05) is 5.32 Å². The third-order valence-corrected chi connectivity index (χ3v) is 2.55. The third-order valence-electron chi connectivity index (χ3n) is 2.33. The summed E-state index contributed by atoms with van der Waals surface area (Å²) in [5.74, 6) is 0.400. The summed E-state index contributed by atoms with van der Waals surface area (Å²) in [4.78, 5) is 0.147. The van der Waals surface area contributed by atoms with Gasteiger partial charge < -0.3 is 11.1 Å². The summed E-state index contributed by atoms with van der Waals surface area (Å²) in [7, 11) is 1.80. The van der Waals surface area contributed by atoms with Crippen LogP contribution in [0.1, 0.15) is 5.56 Å². The van der Waals surface area contributed by atoms with Crippen LogP contribution in [0.4, 0.5) is 15.9 Å². The van der Waals surface area contributed by atoms with E-state index < -0.39 is 0 Å². The number of anilines is 2. The van der Waals surface area contributed by atoms with Gasteiger partial charge in [-0.2, -0.15) is 5.10 Å². The molecule has 1 heterocycles. The first kappa shape index (κ1) is 11.5. The van der Waals surface area contributed by atoms with Crippen molar-refractivity contribution in [3.05, 3.63) is 41.8 Å². The highest BCUT2D eigenvalue weighted by Gasteiger charge is 2.08. The van der Waals surface area contributed by atoms with Crippen LogP contribution in [0.5, 0.6) is 0 Å². The van der Waals surface area contributed by atoms with Gasteiger partial charge in [-0.05, 0) is 18.2 Å². The number of nitrogens with two attached hydrogens (primary N) is 1. The van der Waals surface area contributed by atoms with Gasteiger partial charge in [-0.15, -0.1) is 0 Å². The molecule has 88 valence electrons. The Morgan fingerprint density at radius 1 is 1.47 bits per heavy atom. The lowest BCUT2D eigenvalue weighted by Gasteiger charge is -2.11. The summed E-state index contributed by atoms with van der Waals surface area (Å²) in [5, 5.41) is 7.12. The number of nitrogens with zero attached hydrogens (tertiary/aromatic N) is 2. The van der Waals surface area contributed by atoms with Crippen LogP contribution >= 0.6 is 12.2 Å². The first-order valence-electron chi connectivity index (χ1n) is 4.92. The van der Waals surface area contributed by atoms with Crippen molar-refractivity contribution in [3.63, 3.8) is 0 Å². The van der Waals surface area contributed by atoms with Crippen molar-refractivity contribution in [1.82, 2.24) is 9.78 Å². The van der Waals surface area contributed by atoms with Crippen LogP contribution in [0.3, 0.4) is 0 Å². The molecule has 0 aliphatic rings. The summed E-state index contributed by atoms with van der Waals surface area (Å²) in [6.45, 7) is 0. The fourth-order valence-electron chi connectivity index (χ4n) is 1.46. The first-order chi connectivity index (χ1) is 8.08. The minimum atomic E-state index is -0.372. The zero-order chi connectivity index (χ0) is 12.4. The second kappa shape index (κ2) is 4.50. The molecule has 1 aromatic carbocycles. The predicted octanol–water partition coefficient (Wildman–Crippen LogP) is 1.94. The summed E-state index contributed by atoms with van der Waals surface area (Å²) in [6, 6.07) is 6.05. The molecule has 0 spiro atoms. The van der Waals surface area contributed by atoms with E-state index in [1.165, 1.54) is 12.1 Å². The standard InChI is InChI=1S/C11H11FN4S/c1-16-10(4-5-14-16)15-9-3-2-7(12)6-8(9)11(13)17/h2-6,15H,1H3,(H2,13,17). The zero-order valence-corrected chi connectivity index (χ0v) is 9.96. The van der Waals surface area contributed by atoms with Crippen molar-refractivity contribution < 1.29 is 4.39 Å². The van der Waals surface area contributed by atoms with Gasteiger partial charge in [0.15, 0.2) is 0 Å². The van der Waals surface area contributed by atoms with Gasteiger partial charge in [0.2, 0.25) is 0 Å². The lowest BCUT2D eigenvalue weighted by molar-refractivity contribution is 0.628. The number of benzene rings is 1. The van der Waals surface area contributed by atoms with Crippen molar-refractivity contribution >= 4 is 28.7 Å². The number of halogens is 1. The molecule has 3 N–H and O–H groups in total. The molecule has 0 fully saturated rings. The van der Waals surface area contributed by atoms with E-state index in [1.807, 2.05) is 0 Å².